The molecule has 3 heterocycles. The third-order valence-corrected chi connectivity index (χ3v) is 4.31. The van der Waals surface area contributed by atoms with Crippen molar-refractivity contribution in [2.24, 2.45) is 5.73 Å². The zero-order chi connectivity index (χ0) is 19.2. The summed E-state index contributed by atoms with van der Waals surface area (Å²) in [5, 5.41) is 9.16. The molecular weight excluding hydrogens is 351 g/mol. The number of hydrogen-bond donors (Lipinski definition) is 4. The summed E-state index contributed by atoms with van der Waals surface area (Å²) in [6, 6.07) is 4.93. The Morgan fingerprint density at radius 3 is 2.85 bits per heavy atom. The fourth-order valence-electron chi connectivity index (χ4n) is 2.90. The normalized spacial score (nSPS) is 19.5. The van der Waals surface area contributed by atoms with Crippen LogP contribution in [0.2, 0.25) is 0 Å². The second-order valence-corrected chi connectivity index (χ2v) is 6.35. The third kappa shape index (κ3) is 4.89. The molecule has 2 aromatic heterocycles. The Labute approximate surface area is 156 Å². The van der Waals surface area contributed by atoms with Gasteiger partial charge in [-0.3, -0.25) is 4.79 Å². The lowest BCUT2D eigenvalue weighted by Gasteiger charge is -2.29. The quantitative estimate of drug-likeness (QED) is 0.582. The first-order valence-electron chi connectivity index (χ1n) is 8.69. The van der Waals surface area contributed by atoms with Crippen LogP contribution >= 0.6 is 0 Å². The van der Waals surface area contributed by atoms with Gasteiger partial charge in [0.1, 0.15) is 17.8 Å². The van der Waals surface area contributed by atoms with Gasteiger partial charge in [-0.2, -0.15) is 0 Å². The summed E-state index contributed by atoms with van der Waals surface area (Å²) in [6.45, 7) is 1.46. The van der Waals surface area contributed by atoms with Crippen LogP contribution in [0.15, 0.2) is 30.6 Å². The molecule has 0 unspecified atom stereocenters. The SMILES string of the molecule is COCc1ccc(Nc2cc(N[C@@H]3CCNC[C@@H]3F)c(C(N)=O)cn2)nc1. The Morgan fingerprint density at radius 2 is 2.19 bits per heavy atom. The minimum Gasteiger partial charge on any atom is -0.380 e. The molecule has 1 amide bonds. The van der Waals surface area contributed by atoms with E-state index in [9.17, 15) is 9.18 Å². The maximum atomic E-state index is 14.1. The Hall–Kier alpha value is -2.78. The molecular formula is C18H23FN6O2. The van der Waals surface area contributed by atoms with Crippen molar-refractivity contribution in [3.05, 3.63) is 41.7 Å². The molecule has 27 heavy (non-hydrogen) atoms. The minimum atomic E-state index is -1.06. The van der Waals surface area contributed by atoms with Gasteiger partial charge >= 0.3 is 0 Å². The van der Waals surface area contributed by atoms with Gasteiger partial charge in [0.2, 0.25) is 0 Å². The highest BCUT2D eigenvalue weighted by molar-refractivity contribution is 5.98. The number of nitrogens with two attached hydrogens (primary N) is 1. The van der Waals surface area contributed by atoms with Crippen LogP contribution in [0.3, 0.4) is 0 Å². The molecule has 0 aliphatic carbocycles. The zero-order valence-electron chi connectivity index (χ0n) is 15.0. The van der Waals surface area contributed by atoms with Gasteiger partial charge in [-0.1, -0.05) is 6.07 Å². The predicted octanol–water partition coefficient (Wildman–Crippen LogP) is 1.58. The van der Waals surface area contributed by atoms with Crippen molar-refractivity contribution in [3.63, 3.8) is 0 Å². The molecule has 1 fully saturated rings. The molecule has 0 radical (unpaired) electrons. The van der Waals surface area contributed by atoms with E-state index < -0.39 is 18.1 Å². The van der Waals surface area contributed by atoms with Crippen LogP contribution in [0.1, 0.15) is 22.3 Å². The first-order valence-corrected chi connectivity index (χ1v) is 8.69. The summed E-state index contributed by atoms with van der Waals surface area (Å²) in [7, 11) is 1.62. The number of rotatable bonds is 7. The predicted molar refractivity (Wildman–Crippen MR) is 101 cm³/mol. The van der Waals surface area contributed by atoms with E-state index in [1.807, 2.05) is 6.07 Å². The molecule has 0 spiro atoms. The molecule has 8 nitrogen and oxygen atoms in total. The zero-order valence-corrected chi connectivity index (χ0v) is 15.0. The summed E-state index contributed by atoms with van der Waals surface area (Å²) in [4.78, 5) is 20.2. The van der Waals surface area contributed by atoms with Crippen molar-refractivity contribution < 1.29 is 13.9 Å². The van der Waals surface area contributed by atoms with Crippen molar-refractivity contribution in [2.45, 2.75) is 25.2 Å². The standard InChI is InChI=1S/C18H23FN6O2/c1-27-10-11-2-3-16(22-7-11)25-17-6-15(12(8-23-17)18(20)26)24-14-4-5-21-9-13(14)19/h2-3,6-8,13-14,21H,4-5,9-10H2,1H3,(H2,20,26)(H2,22,23,24,25)/t13-,14+/m0/s1. The van der Waals surface area contributed by atoms with E-state index in [2.05, 4.69) is 25.9 Å². The highest BCUT2D eigenvalue weighted by atomic mass is 19.1. The Bertz CT molecular complexity index is 786. The number of aromatic nitrogens is 2. The Kier molecular flexibility index (Phi) is 6.15. The van der Waals surface area contributed by atoms with E-state index in [-0.39, 0.29) is 12.1 Å². The molecule has 1 saturated heterocycles. The van der Waals surface area contributed by atoms with Gasteiger partial charge in [-0.05, 0) is 24.6 Å². The largest absolute Gasteiger partial charge is 0.380 e. The van der Waals surface area contributed by atoms with E-state index in [1.165, 1.54) is 6.20 Å². The van der Waals surface area contributed by atoms with Crippen LogP contribution in [-0.2, 0) is 11.3 Å². The number of ether oxygens (including phenoxy) is 1. The number of anilines is 3. The highest BCUT2D eigenvalue weighted by Gasteiger charge is 2.25. The van der Waals surface area contributed by atoms with Crippen molar-refractivity contribution >= 4 is 23.2 Å². The highest BCUT2D eigenvalue weighted by Crippen LogP contribution is 2.24. The topological polar surface area (TPSA) is 114 Å². The number of halogens is 1. The fraction of sp³-hybridized carbons (Fsp3) is 0.389. The molecule has 0 saturated carbocycles. The molecule has 1 aliphatic rings. The summed E-state index contributed by atoms with van der Waals surface area (Å²) in [5.74, 6) is 0.437. The average Bonchev–Trinajstić information content (AvgIpc) is 2.65. The molecule has 1 aliphatic heterocycles. The van der Waals surface area contributed by atoms with Gasteiger partial charge in [0.25, 0.3) is 5.91 Å². The monoisotopic (exact) mass is 374 g/mol. The molecule has 5 N–H and O–H groups in total. The number of pyridine rings is 2. The number of methoxy groups -OCH3 is 1. The molecule has 0 aromatic carbocycles. The lowest BCUT2D eigenvalue weighted by molar-refractivity contribution is 0.100. The van der Waals surface area contributed by atoms with Gasteiger partial charge < -0.3 is 26.4 Å². The maximum Gasteiger partial charge on any atom is 0.252 e. The van der Waals surface area contributed by atoms with Crippen LogP contribution in [0.4, 0.5) is 21.7 Å². The van der Waals surface area contributed by atoms with Gasteiger partial charge in [-0.15, -0.1) is 0 Å². The second kappa shape index (κ2) is 8.74. The molecule has 0 bridgehead atoms. The van der Waals surface area contributed by atoms with Gasteiger partial charge in [0.05, 0.1) is 23.9 Å². The van der Waals surface area contributed by atoms with Crippen molar-refractivity contribution in [1.29, 1.82) is 0 Å². The van der Waals surface area contributed by atoms with E-state index >= 15 is 0 Å². The van der Waals surface area contributed by atoms with E-state index in [0.29, 0.717) is 36.9 Å². The van der Waals surface area contributed by atoms with Crippen LogP contribution < -0.4 is 21.7 Å². The van der Waals surface area contributed by atoms with E-state index in [0.717, 1.165) is 5.56 Å². The lowest BCUT2D eigenvalue weighted by atomic mass is 10.0. The number of carbonyl (C=O) groups excluding carboxylic acids is 1. The van der Waals surface area contributed by atoms with Gasteiger partial charge in [-0.25, -0.2) is 14.4 Å². The number of hydrogen-bond acceptors (Lipinski definition) is 7. The van der Waals surface area contributed by atoms with Crippen molar-refractivity contribution in [3.8, 4) is 0 Å². The van der Waals surface area contributed by atoms with E-state index in [1.54, 1.807) is 25.4 Å². The number of piperidine rings is 1. The molecule has 9 heteroatoms. The second-order valence-electron chi connectivity index (χ2n) is 6.35. The molecule has 2 atom stereocenters. The summed E-state index contributed by atoms with van der Waals surface area (Å²) >= 11 is 0. The first-order chi connectivity index (χ1) is 13.1. The van der Waals surface area contributed by atoms with Crippen LogP contribution in [0.25, 0.3) is 0 Å². The van der Waals surface area contributed by atoms with Gasteiger partial charge in [0, 0.05) is 32.1 Å². The first kappa shape index (κ1) is 19.0. The smallest absolute Gasteiger partial charge is 0.252 e. The summed E-state index contributed by atoms with van der Waals surface area (Å²) in [5.41, 5.74) is 7.05. The minimum absolute atomic E-state index is 0.217. The van der Waals surface area contributed by atoms with Crippen molar-refractivity contribution in [2.75, 3.05) is 30.8 Å². The molecule has 3 rings (SSSR count). The third-order valence-electron chi connectivity index (χ3n) is 4.31. The Balaban J connectivity index is 1.79. The van der Waals surface area contributed by atoms with Crippen LogP contribution in [0.5, 0.6) is 0 Å². The number of alkyl halides is 1. The van der Waals surface area contributed by atoms with Crippen LogP contribution in [0, 0.1) is 0 Å². The van der Waals surface area contributed by atoms with E-state index in [4.69, 9.17) is 10.5 Å². The fourth-order valence-corrected chi connectivity index (χ4v) is 2.90. The number of carbonyl (C=O) groups is 1. The number of nitrogens with one attached hydrogen (secondary N) is 3. The van der Waals surface area contributed by atoms with Crippen molar-refractivity contribution in [1.82, 2.24) is 15.3 Å². The summed E-state index contributed by atoms with van der Waals surface area (Å²) in [6.07, 6.45) is 2.62. The Morgan fingerprint density at radius 1 is 1.37 bits per heavy atom. The van der Waals surface area contributed by atoms with Gasteiger partial charge in [0.15, 0.2) is 0 Å². The summed E-state index contributed by atoms with van der Waals surface area (Å²) < 4.78 is 19.2. The lowest BCUT2D eigenvalue weighted by Crippen LogP contribution is -2.45. The van der Waals surface area contributed by atoms with Crippen LogP contribution in [-0.4, -0.2) is 48.3 Å². The molecule has 144 valence electrons. The number of amides is 1. The number of primary amides is 1. The molecule has 2 aromatic rings. The maximum absolute atomic E-state index is 14.1. The average molecular weight is 374 g/mol. The number of nitrogens with zero attached hydrogens (tertiary/aromatic N) is 2.